The van der Waals surface area contributed by atoms with Crippen molar-refractivity contribution in [2.24, 2.45) is 0 Å². The predicted molar refractivity (Wildman–Crippen MR) is 154 cm³/mol. The molecule has 0 spiro atoms. The molecule has 0 saturated heterocycles. The molecule has 0 heterocycles. The summed E-state index contributed by atoms with van der Waals surface area (Å²) in [6.45, 7) is 11.0. The third-order valence-electron chi connectivity index (χ3n) is 5.33. The molecule has 0 radical (unpaired) electrons. The van der Waals surface area contributed by atoms with E-state index < -0.39 is 17.8 Å². The number of nitrogens with two attached hydrogens (primary N) is 1. The number of nitrogen functional groups attached to an aromatic ring is 1. The second-order valence-corrected chi connectivity index (χ2v) is 9.89. The zero-order valence-corrected chi connectivity index (χ0v) is 23.4. The number of carbonyl (C=O) groups excluding carboxylic acids is 2. The van der Waals surface area contributed by atoms with Crippen LogP contribution in [0.4, 0.5) is 17.1 Å². The SMILES string of the molecule is CC(C)Oc1cc(C(=O)Nc2ccc(C(=O)Nc3ccc(C(=O)O)cc3OC(C)C)cc2OC(C)C)ccc1N. The van der Waals surface area contributed by atoms with Gasteiger partial charge in [0.25, 0.3) is 11.8 Å². The number of hydrogen-bond donors (Lipinski definition) is 4. The molecule has 3 aromatic rings. The van der Waals surface area contributed by atoms with Crippen LogP contribution in [0.25, 0.3) is 0 Å². The van der Waals surface area contributed by atoms with Crippen molar-refractivity contribution in [1.29, 1.82) is 0 Å². The van der Waals surface area contributed by atoms with E-state index in [0.29, 0.717) is 34.1 Å². The van der Waals surface area contributed by atoms with E-state index in [-0.39, 0.29) is 35.2 Å². The van der Waals surface area contributed by atoms with Gasteiger partial charge in [-0.3, -0.25) is 9.59 Å². The molecule has 212 valence electrons. The van der Waals surface area contributed by atoms with Crippen LogP contribution in [0.15, 0.2) is 54.6 Å². The van der Waals surface area contributed by atoms with Gasteiger partial charge in [0.15, 0.2) is 0 Å². The molecule has 10 heteroatoms. The third-order valence-corrected chi connectivity index (χ3v) is 5.33. The van der Waals surface area contributed by atoms with E-state index in [1.807, 2.05) is 27.7 Å². The van der Waals surface area contributed by atoms with Crippen molar-refractivity contribution in [1.82, 2.24) is 0 Å². The lowest BCUT2D eigenvalue weighted by atomic mass is 10.1. The van der Waals surface area contributed by atoms with Crippen molar-refractivity contribution in [2.75, 3.05) is 16.4 Å². The number of carboxylic acid groups (broad SMARTS) is 1. The number of benzene rings is 3. The Morgan fingerprint density at radius 3 is 1.45 bits per heavy atom. The molecule has 3 rings (SSSR count). The number of anilines is 3. The van der Waals surface area contributed by atoms with Gasteiger partial charge in [0, 0.05) is 11.1 Å². The highest BCUT2D eigenvalue weighted by Crippen LogP contribution is 2.31. The third kappa shape index (κ3) is 7.89. The van der Waals surface area contributed by atoms with Gasteiger partial charge in [-0.05, 0) is 96.1 Å². The van der Waals surface area contributed by atoms with Gasteiger partial charge in [-0.2, -0.15) is 0 Å². The van der Waals surface area contributed by atoms with Crippen LogP contribution < -0.4 is 30.6 Å². The topological polar surface area (TPSA) is 149 Å². The second-order valence-electron chi connectivity index (χ2n) is 9.89. The van der Waals surface area contributed by atoms with Gasteiger partial charge in [0.2, 0.25) is 0 Å². The molecule has 0 fully saturated rings. The van der Waals surface area contributed by atoms with Gasteiger partial charge in [0.05, 0.1) is 40.9 Å². The van der Waals surface area contributed by atoms with Gasteiger partial charge in [-0.15, -0.1) is 0 Å². The van der Waals surface area contributed by atoms with E-state index in [1.165, 1.54) is 24.3 Å². The van der Waals surface area contributed by atoms with Crippen molar-refractivity contribution in [2.45, 2.75) is 59.9 Å². The predicted octanol–water partition coefficient (Wildman–Crippen LogP) is 5.83. The lowest BCUT2D eigenvalue weighted by Gasteiger charge is -2.18. The van der Waals surface area contributed by atoms with Crippen molar-refractivity contribution in [3.63, 3.8) is 0 Å². The zero-order valence-electron chi connectivity index (χ0n) is 23.4. The fraction of sp³-hybridized carbons (Fsp3) is 0.300. The Balaban J connectivity index is 1.87. The number of hydrogen-bond acceptors (Lipinski definition) is 7. The fourth-order valence-electron chi connectivity index (χ4n) is 3.65. The highest BCUT2D eigenvalue weighted by Gasteiger charge is 2.18. The molecule has 0 aliphatic rings. The lowest BCUT2D eigenvalue weighted by Crippen LogP contribution is -2.17. The number of carboxylic acids is 1. The summed E-state index contributed by atoms with van der Waals surface area (Å²) < 4.78 is 17.3. The number of amides is 2. The maximum absolute atomic E-state index is 13.2. The van der Waals surface area contributed by atoms with Gasteiger partial charge < -0.3 is 35.7 Å². The second kappa shape index (κ2) is 12.9. The van der Waals surface area contributed by atoms with Crippen LogP contribution in [0.3, 0.4) is 0 Å². The Hall–Kier alpha value is -4.73. The van der Waals surface area contributed by atoms with Gasteiger partial charge in [-0.1, -0.05) is 0 Å². The smallest absolute Gasteiger partial charge is 0.335 e. The summed E-state index contributed by atoms with van der Waals surface area (Å²) in [5.74, 6) is -1.06. The molecule has 10 nitrogen and oxygen atoms in total. The highest BCUT2D eigenvalue weighted by atomic mass is 16.5. The van der Waals surface area contributed by atoms with Crippen LogP contribution in [0.1, 0.15) is 72.6 Å². The van der Waals surface area contributed by atoms with Crippen molar-refractivity contribution in [3.05, 3.63) is 71.3 Å². The average Bonchev–Trinajstić information content (AvgIpc) is 2.86. The van der Waals surface area contributed by atoms with Crippen LogP contribution in [0.5, 0.6) is 17.2 Å². The first-order valence-electron chi connectivity index (χ1n) is 12.9. The molecule has 0 atom stereocenters. The normalized spacial score (nSPS) is 10.9. The molecule has 0 bridgehead atoms. The van der Waals surface area contributed by atoms with E-state index in [1.54, 1.807) is 44.2 Å². The average molecular weight is 550 g/mol. The number of ether oxygens (including phenoxy) is 3. The van der Waals surface area contributed by atoms with E-state index in [0.717, 1.165) is 0 Å². The van der Waals surface area contributed by atoms with Crippen LogP contribution in [0.2, 0.25) is 0 Å². The van der Waals surface area contributed by atoms with Crippen LogP contribution >= 0.6 is 0 Å². The number of nitrogens with one attached hydrogen (secondary N) is 2. The minimum atomic E-state index is -1.11. The Morgan fingerprint density at radius 2 is 1.00 bits per heavy atom. The molecule has 2 amide bonds. The number of aromatic carboxylic acids is 1. The van der Waals surface area contributed by atoms with Crippen molar-refractivity contribution < 1.29 is 33.7 Å². The van der Waals surface area contributed by atoms with E-state index in [4.69, 9.17) is 19.9 Å². The molecule has 0 aliphatic heterocycles. The van der Waals surface area contributed by atoms with Crippen LogP contribution in [-0.4, -0.2) is 41.2 Å². The summed E-state index contributed by atoms with van der Waals surface area (Å²) in [7, 11) is 0. The largest absolute Gasteiger partial charge is 0.489 e. The Morgan fingerprint density at radius 1 is 0.625 bits per heavy atom. The number of carbonyl (C=O) groups is 3. The Kier molecular flexibility index (Phi) is 9.60. The van der Waals surface area contributed by atoms with Gasteiger partial charge in [0.1, 0.15) is 17.2 Å². The van der Waals surface area contributed by atoms with Gasteiger partial charge in [-0.25, -0.2) is 4.79 Å². The fourth-order valence-corrected chi connectivity index (χ4v) is 3.65. The minimum Gasteiger partial charge on any atom is -0.489 e. The summed E-state index contributed by atoms with van der Waals surface area (Å²) >= 11 is 0. The quantitative estimate of drug-likeness (QED) is 0.218. The van der Waals surface area contributed by atoms with E-state index in [9.17, 15) is 19.5 Å². The minimum absolute atomic E-state index is 0.0327. The first-order valence-corrected chi connectivity index (χ1v) is 12.9. The summed E-state index contributed by atoms with van der Waals surface area (Å²) in [4.78, 5) is 37.6. The Bertz CT molecular complexity index is 1400. The van der Waals surface area contributed by atoms with Crippen LogP contribution in [0, 0.1) is 0 Å². The first-order chi connectivity index (χ1) is 18.8. The molecule has 0 saturated carbocycles. The zero-order chi connectivity index (χ0) is 29.6. The molecule has 3 aromatic carbocycles. The molecule has 0 unspecified atom stereocenters. The molecule has 0 aliphatic carbocycles. The summed E-state index contributed by atoms with van der Waals surface area (Å²) in [6.07, 6.45) is -0.609. The maximum Gasteiger partial charge on any atom is 0.335 e. The highest BCUT2D eigenvalue weighted by molar-refractivity contribution is 6.08. The monoisotopic (exact) mass is 549 g/mol. The lowest BCUT2D eigenvalue weighted by molar-refractivity contribution is 0.0695. The van der Waals surface area contributed by atoms with E-state index in [2.05, 4.69) is 10.6 Å². The van der Waals surface area contributed by atoms with Crippen LogP contribution in [-0.2, 0) is 0 Å². The summed E-state index contributed by atoms with van der Waals surface area (Å²) in [5, 5.41) is 14.9. The first kappa shape index (κ1) is 29.8. The number of rotatable bonds is 11. The summed E-state index contributed by atoms with van der Waals surface area (Å²) in [6, 6.07) is 13.6. The molecular formula is C30H35N3O7. The van der Waals surface area contributed by atoms with Gasteiger partial charge >= 0.3 is 5.97 Å². The van der Waals surface area contributed by atoms with Crippen molar-refractivity contribution >= 4 is 34.8 Å². The van der Waals surface area contributed by atoms with Crippen molar-refractivity contribution in [3.8, 4) is 17.2 Å². The standard InChI is InChI=1S/C30H35N3O7/c1-16(2)38-25-13-19(7-10-22(25)31)28(34)32-23-11-8-20(14-26(23)39-17(3)4)29(35)33-24-12-9-21(30(36)37)15-27(24)40-18(5)6/h7-18H,31H2,1-6H3,(H,32,34)(H,33,35)(H,36,37). The molecule has 5 N–H and O–H groups in total. The van der Waals surface area contributed by atoms with E-state index >= 15 is 0 Å². The molecular weight excluding hydrogens is 514 g/mol. The maximum atomic E-state index is 13.2. The summed E-state index contributed by atoms with van der Waals surface area (Å²) in [5.41, 5.74) is 7.70. The molecule has 40 heavy (non-hydrogen) atoms. The Labute approximate surface area is 233 Å². The molecule has 0 aromatic heterocycles.